The number of ether oxygens (including phenoxy) is 2. The standard InChI is InChI=1S/C12H14FNO4/c1-3-17-11(15)7(2)18-12(16)8-4-5-10(14)9(13)6-8/h4-7H,3,14H2,1-2H3. The highest BCUT2D eigenvalue weighted by molar-refractivity contribution is 5.91. The fourth-order valence-corrected chi connectivity index (χ4v) is 1.19. The Morgan fingerprint density at radius 3 is 2.67 bits per heavy atom. The summed E-state index contributed by atoms with van der Waals surface area (Å²) in [6.45, 7) is 3.21. The molecule has 5 nitrogen and oxygen atoms in total. The molecule has 0 radical (unpaired) electrons. The summed E-state index contributed by atoms with van der Waals surface area (Å²) in [7, 11) is 0. The smallest absolute Gasteiger partial charge is 0.347 e. The molecule has 1 unspecified atom stereocenters. The topological polar surface area (TPSA) is 78.6 Å². The minimum Gasteiger partial charge on any atom is -0.463 e. The Bertz CT molecular complexity index is 461. The maximum Gasteiger partial charge on any atom is 0.347 e. The van der Waals surface area contributed by atoms with Crippen LogP contribution in [0.15, 0.2) is 18.2 Å². The molecule has 0 aliphatic carbocycles. The zero-order valence-electron chi connectivity index (χ0n) is 10.1. The van der Waals surface area contributed by atoms with Crippen molar-refractivity contribution in [3.63, 3.8) is 0 Å². The maximum absolute atomic E-state index is 13.1. The van der Waals surface area contributed by atoms with Gasteiger partial charge >= 0.3 is 11.9 Å². The summed E-state index contributed by atoms with van der Waals surface area (Å²) >= 11 is 0. The molecule has 2 N–H and O–H groups in total. The van der Waals surface area contributed by atoms with E-state index in [1.807, 2.05) is 0 Å². The lowest BCUT2D eigenvalue weighted by atomic mass is 10.2. The van der Waals surface area contributed by atoms with Crippen molar-refractivity contribution in [1.29, 1.82) is 0 Å². The predicted octanol–water partition coefficient (Wildman–Crippen LogP) is 1.52. The van der Waals surface area contributed by atoms with Gasteiger partial charge in [-0.3, -0.25) is 0 Å². The lowest BCUT2D eigenvalue weighted by Crippen LogP contribution is -2.26. The van der Waals surface area contributed by atoms with E-state index in [0.29, 0.717) is 0 Å². The monoisotopic (exact) mass is 255 g/mol. The molecule has 18 heavy (non-hydrogen) atoms. The number of nitrogen functional groups attached to an aromatic ring is 1. The van der Waals surface area contributed by atoms with Gasteiger partial charge in [0.05, 0.1) is 17.9 Å². The van der Waals surface area contributed by atoms with E-state index >= 15 is 0 Å². The molecule has 0 aromatic heterocycles. The summed E-state index contributed by atoms with van der Waals surface area (Å²) < 4.78 is 22.6. The van der Waals surface area contributed by atoms with Crippen molar-refractivity contribution < 1.29 is 23.5 Å². The SMILES string of the molecule is CCOC(=O)C(C)OC(=O)c1ccc(N)c(F)c1. The summed E-state index contributed by atoms with van der Waals surface area (Å²) in [5.74, 6) is -2.18. The molecular weight excluding hydrogens is 241 g/mol. The Morgan fingerprint density at radius 2 is 2.11 bits per heavy atom. The lowest BCUT2D eigenvalue weighted by Gasteiger charge is -2.12. The summed E-state index contributed by atoms with van der Waals surface area (Å²) in [6.07, 6.45) is -1.04. The van der Waals surface area contributed by atoms with Crippen molar-refractivity contribution >= 4 is 17.6 Å². The van der Waals surface area contributed by atoms with E-state index in [4.69, 9.17) is 10.5 Å². The first-order valence-corrected chi connectivity index (χ1v) is 5.38. The number of esters is 2. The van der Waals surface area contributed by atoms with Crippen molar-refractivity contribution in [2.45, 2.75) is 20.0 Å². The van der Waals surface area contributed by atoms with Gasteiger partial charge in [-0.2, -0.15) is 0 Å². The molecule has 0 saturated heterocycles. The van der Waals surface area contributed by atoms with Crippen LogP contribution >= 0.6 is 0 Å². The molecular formula is C12H14FNO4. The highest BCUT2D eigenvalue weighted by Crippen LogP contribution is 2.13. The van der Waals surface area contributed by atoms with E-state index in [0.717, 1.165) is 6.07 Å². The van der Waals surface area contributed by atoms with Crippen LogP contribution in [-0.4, -0.2) is 24.6 Å². The van der Waals surface area contributed by atoms with Crippen LogP contribution in [0.4, 0.5) is 10.1 Å². The Morgan fingerprint density at radius 1 is 1.44 bits per heavy atom. The molecule has 0 aliphatic rings. The largest absolute Gasteiger partial charge is 0.463 e. The van der Waals surface area contributed by atoms with Crippen molar-refractivity contribution in [2.75, 3.05) is 12.3 Å². The normalized spacial score (nSPS) is 11.7. The van der Waals surface area contributed by atoms with Crippen LogP contribution < -0.4 is 5.73 Å². The van der Waals surface area contributed by atoms with Crippen LogP contribution in [0.2, 0.25) is 0 Å². The zero-order chi connectivity index (χ0) is 13.7. The molecule has 0 saturated carbocycles. The summed E-state index contributed by atoms with van der Waals surface area (Å²) in [4.78, 5) is 22.8. The number of halogens is 1. The molecule has 1 rings (SSSR count). The highest BCUT2D eigenvalue weighted by atomic mass is 19.1. The minimum absolute atomic E-state index is 0.0159. The number of carbonyl (C=O) groups is 2. The average Bonchev–Trinajstić information content (AvgIpc) is 2.32. The average molecular weight is 255 g/mol. The molecule has 0 heterocycles. The number of anilines is 1. The fraction of sp³-hybridized carbons (Fsp3) is 0.333. The number of rotatable bonds is 4. The molecule has 98 valence electrons. The van der Waals surface area contributed by atoms with Gasteiger partial charge in [-0.1, -0.05) is 0 Å². The van der Waals surface area contributed by atoms with Gasteiger partial charge in [0, 0.05) is 0 Å². The number of carbonyl (C=O) groups excluding carboxylic acids is 2. The summed E-state index contributed by atoms with van der Waals surface area (Å²) in [6, 6.07) is 3.52. The molecule has 6 heteroatoms. The zero-order valence-corrected chi connectivity index (χ0v) is 10.1. The van der Waals surface area contributed by atoms with Crippen LogP contribution in [0.3, 0.4) is 0 Å². The van der Waals surface area contributed by atoms with Crippen LogP contribution in [0.5, 0.6) is 0 Å². The molecule has 1 atom stereocenters. The molecule has 0 fully saturated rings. The van der Waals surface area contributed by atoms with Crippen molar-refractivity contribution in [3.05, 3.63) is 29.6 Å². The van der Waals surface area contributed by atoms with Gasteiger partial charge in [-0.05, 0) is 32.0 Å². The van der Waals surface area contributed by atoms with E-state index < -0.39 is 23.9 Å². The molecule has 0 amide bonds. The first-order valence-electron chi connectivity index (χ1n) is 5.38. The Balaban J connectivity index is 2.70. The van der Waals surface area contributed by atoms with E-state index in [9.17, 15) is 14.0 Å². The highest BCUT2D eigenvalue weighted by Gasteiger charge is 2.20. The summed E-state index contributed by atoms with van der Waals surface area (Å²) in [5.41, 5.74) is 5.20. The third-order valence-corrected chi connectivity index (χ3v) is 2.14. The minimum atomic E-state index is -1.04. The number of benzene rings is 1. The maximum atomic E-state index is 13.1. The second-order valence-electron chi connectivity index (χ2n) is 3.54. The van der Waals surface area contributed by atoms with Gasteiger partial charge in [-0.15, -0.1) is 0 Å². The molecule has 0 spiro atoms. The fourth-order valence-electron chi connectivity index (χ4n) is 1.19. The Kier molecular flexibility index (Phi) is 4.65. The molecule has 0 bridgehead atoms. The third kappa shape index (κ3) is 3.44. The number of hydrogen-bond donors (Lipinski definition) is 1. The van der Waals surface area contributed by atoms with Crippen molar-refractivity contribution in [3.8, 4) is 0 Å². The van der Waals surface area contributed by atoms with Gasteiger partial charge in [0.15, 0.2) is 6.10 Å². The van der Waals surface area contributed by atoms with Gasteiger partial charge < -0.3 is 15.2 Å². The van der Waals surface area contributed by atoms with E-state index in [-0.39, 0.29) is 17.9 Å². The second-order valence-corrected chi connectivity index (χ2v) is 3.54. The molecule has 1 aromatic carbocycles. The van der Waals surface area contributed by atoms with E-state index in [2.05, 4.69) is 4.74 Å². The van der Waals surface area contributed by atoms with Crippen molar-refractivity contribution in [2.24, 2.45) is 0 Å². The predicted molar refractivity (Wildman–Crippen MR) is 62.3 cm³/mol. The third-order valence-electron chi connectivity index (χ3n) is 2.14. The molecule has 1 aromatic rings. The van der Waals surface area contributed by atoms with Gasteiger partial charge in [-0.25, -0.2) is 14.0 Å². The Labute approximate surface area is 104 Å². The first kappa shape index (κ1) is 14.0. The van der Waals surface area contributed by atoms with Gasteiger partial charge in [0.1, 0.15) is 5.82 Å². The van der Waals surface area contributed by atoms with Crippen LogP contribution in [0.25, 0.3) is 0 Å². The van der Waals surface area contributed by atoms with Gasteiger partial charge in [0.2, 0.25) is 0 Å². The summed E-state index contributed by atoms with van der Waals surface area (Å²) in [5, 5.41) is 0. The first-order chi connectivity index (χ1) is 8.45. The van der Waals surface area contributed by atoms with Crippen LogP contribution in [-0.2, 0) is 14.3 Å². The second kappa shape index (κ2) is 6.00. The van der Waals surface area contributed by atoms with E-state index in [1.165, 1.54) is 19.1 Å². The lowest BCUT2D eigenvalue weighted by molar-refractivity contribution is -0.152. The number of nitrogens with two attached hydrogens (primary N) is 1. The van der Waals surface area contributed by atoms with Gasteiger partial charge in [0.25, 0.3) is 0 Å². The van der Waals surface area contributed by atoms with E-state index in [1.54, 1.807) is 6.92 Å². The van der Waals surface area contributed by atoms with Crippen LogP contribution in [0, 0.1) is 5.82 Å². The van der Waals surface area contributed by atoms with Crippen molar-refractivity contribution in [1.82, 2.24) is 0 Å². The van der Waals surface area contributed by atoms with Crippen LogP contribution in [0.1, 0.15) is 24.2 Å². The Hall–Kier alpha value is -2.11. The molecule has 0 aliphatic heterocycles. The quantitative estimate of drug-likeness (QED) is 0.651. The number of hydrogen-bond acceptors (Lipinski definition) is 5.